The fraction of sp³-hybridized carbons (Fsp3) is 0.400. The van der Waals surface area contributed by atoms with Gasteiger partial charge in [0.05, 0.1) is 12.6 Å². The van der Waals surface area contributed by atoms with Crippen LogP contribution in [0.1, 0.15) is 17.2 Å². The van der Waals surface area contributed by atoms with E-state index in [0.717, 1.165) is 10.0 Å². The van der Waals surface area contributed by atoms with Crippen molar-refractivity contribution in [3.8, 4) is 0 Å². The number of hydrogen-bond acceptors (Lipinski definition) is 3. The van der Waals surface area contributed by atoms with Crippen molar-refractivity contribution < 1.29 is 4.74 Å². The molecule has 14 heavy (non-hydrogen) atoms. The van der Waals surface area contributed by atoms with Crippen molar-refractivity contribution in [3.63, 3.8) is 0 Å². The molecule has 1 aromatic carbocycles. The number of methoxy groups -OCH3 is 1. The van der Waals surface area contributed by atoms with E-state index in [9.17, 15) is 0 Å². The van der Waals surface area contributed by atoms with Crippen LogP contribution in [-0.4, -0.2) is 13.7 Å². The quantitative estimate of drug-likeness (QED) is 0.641. The lowest BCUT2D eigenvalue weighted by Crippen LogP contribution is -2.31. The van der Waals surface area contributed by atoms with E-state index in [1.54, 1.807) is 7.11 Å². The van der Waals surface area contributed by atoms with Gasteiger partial charge in [0.1, 0.15) is 0 Å². The van der Waals surface area contributed by atoms with Gasteiger partial charge in [-0.1, -0.05) is 22.0 Å². The number of aryl methyl sites for hydroxylation is 1. The Balaban J connectivity index is 2.96. The molecular weight excluding hydrogens is 244 g/mol. The maximum atomic E-state index is 5.46. The zero-order valence-electron chi connectivity index (χ0n) is 8.38. The van der Waals surface area contributed by atoms with Gasteiger partial charge in [-0.2, -0.15) is 0 Å². The molecular formula is C10H15BrN2O. The average Bonchev–Trinajstić information content (AvgIpc) is 2.18. The highest BCUT2D eigenvalue weighted by atomic mass is 79.9. The van der Waals surface area contributed by atoms with Gasteiger partial charge in [-0.3, -0.25) is 11.3 Å². The summed E-state index contributed by atoms with van der Waals surface area (Å²) in [5, 5.41) is 0. The summed E-state index contributed by atoms with van der Waals surface area (Å²) in [5.41, 5.74) is 5.10. The number of nitrogens with one attached hydrogen (secondary N) is 1. The van der Waals surface area contributed by atoms with Gasteiger partial charge in [0.2, 0.25) is 0 Å². The first-order valence-electron chi connectivity index (χ1n) is 4.40. The number of rotatable bonds is 4. The van der Waals surface area contributed by atoms with Crippen molar-refractivity contribution in [1.29, 1.82) is 0 Å². The number of benzene rings is 1. The van der Waals surface area contributed by atoms with E-state index in [-0.39, 0.29) is 6.04 Å². The molecule has 1 unspecified atom stereocenters. The predicted molar refractivity (Wildman–Crippen MR) is 60.8 cm³/mol. The molecule has 0 fully saturated rings. The number of hydrogen-bond donors (Lipinski definition) is 2. The first-order chi connectivity index (χ1) is 6.69. The minimum absolute atomic E-state index is 0.0394. The normalized spacial score (nSPS) is 12.9. The molecule has 0 amide bonds. The molecule has 0 bridgehead atoms. The summed E-state index contributed by atoms with van der Waals surface area (Å²) in [4.78, 5) is 0. The fourth-order valence-corrected chi connectivity index (χ4v) is 1.76. The lowest BCUT2D eigenvalue weighted by molar-refractivity contribution is 0.167. The van der Waals surface area contributed by atoms with E-state index in [4.69, 9.17) is 10.6 Å². The summed E-state index contributed by atoms with van der Waals surface area (Å²) in [7, 11) is 1.66. The summed E-state index contributed by atoms with van der Waals surface area (Å²) < 4.78 is 6.14. The van der Waals surface area contributed by atoms with Crippen LogP contribution >= 0.6 is 15.9 Å². The van der Waals surface area contributed by atoms with Crippen LogP contribution in [0.5, 0.6) is 0 Å². The van der Waals surface area contributed by atoms with Crippen molar-refractivity contribution in [2.45, 2.75) is 13.0 Å². The molecule has 3 N–H and O–H groups in total. The molecule has 1 atom stereocenters. The summed E-state index contributed by atoms with van der Waals surface area (Å²) in [6.07, 6.45) is 0. The molecule has 3 nitrogen and oxygen atoms in total. The second-order valence-corrected chi connectivity index (χ2v) is 4.09. The molecule has 0 spiro atoms. The summed E-state index contributed by atoms with van der Waals surface area (Å²) >= 11 is 3.44. The standard InChI is InChI=1S/C10H15BrN2O/c1-7-3-4-8(11)5-9(7)10(13-12)6-14-2/h3-5,10,13H,6,12H2,1-2H3. The van der Waals surface area contributed by atoms with Gasteiger partial charge in [0.25, 0.3) is 0 Å². The monoisotopic (exact) mass is 258 g/mol. The molecule has 1 aromatic rings. The van der Waals surface area contributed by atoms with Crippen LogP contribution in [0, 0.1) is 6.92 Å². The Labute approximate surface area is 92.7 Å². The lowest BCUT2D eigenvalue weighted by atomic mass is 10.0. The second-order valence-electron chi connectivity index (χ2n) is 3.18. The highest BCUT2D eigenvalue weighted by Crippen LogP contribution is 2.21. The van der Waals surface area contributed by atoms with Crippen LogP contribution in [0.15, 0.2) is 22.7 Å². The number of nitrogens with two attached hydrogens (primary N) is 1. The Hall–Kier alpha value is -0.420. The van der Waals surface area contributed by atoms with Crippen LogP contribution in [0.4, 0.5) is 0 Å². The SMILES string of the molecule is COCC(NN)c1cc(Br)ccc1C. The van der Waals surface area contributed by atoms with Crippen molar-refractivity contribution >= 4 is 15.9 Å². The van der Waals surface area contributed by atoms with Gasteiger partial charge >= 0.3 is 0 Å². The Morgan fingerprint density at radius 2 is 2.29 bits per heavy atom. The Kier molecular flexibility index (Phi) is 4.54. The fourth-order valence-electron chi connectivity index (χ4n) is 1.38. The largest absolute Gasteiger partial charge is 0.383 e. The average molecular weight is 259 g/mol. The van der Waals surface area contributed by atoms with E-state index in [0.29, 0.717) is 6.61 Å². The van der Waals surface area contributed by atoms with E-state index in [2.05, 4.69) is 40.4 Å². The van der Waals surface area contributed by atoms with Gasteiger partial charge < -0.3 is 4.74 Å². The number of halogens is 1. The summed E-state index contributed by atoms with van der Waals surface area (Å²) in [6.45, 7) is 2.62. The van der Waals surface area contributed by atoms with Crippen molar-refractivity contribution in [2.24, 2.45) is 5.84 Å². The minimum Gasteiger partial charge on any atom is -0.383 e. The molecule has 0 aliphatic heterocycles. The highest BCUT2D eigenvalue weighted by molar-refractivity contribution is 9.10. The number of ether oxygens (including phenoxy) is 1. The Morgan fingerprint density at radius 3 is 2.86 bits per heavy atom. The van der Waals surface area contributed by atoms with Gasteiger partial charge in [0.15, 0.2) is 0 Å². The first-order valence-corrected chi connectivity index (χ1v) is 5.19. The Morgan fingerprint density at radius 1 is 1.57 bits per heavy atom. The van der Waals surface area contributed by atoms with E-state index in [1.807, 2.05) is 6.07 Å². The third-order valence-corrected chi connectivity index (χ3v) is 2.64. The van der Waals surface area contributed by atoms with Gasteiger partial charge in [-0.25, -0.2) is 0 Å². The Bertz CT molecular complexity index is 304. The maximum Gasteiger partial charge on any atom is 0.0696 e. The van der Waals surface area contributed by atoms with Gasteiger partial charge in [0, 0.05) is 11.6 Å². The van der Waals surface area contributed by atoms with Crippen molar-refractivity contribution in [3.05, 3.63) is 33.8 Å². The molecule has 0 radical (unpaired) electrons. The molecule has 0 heterocycles. The highest BCUT2D eigenvalue weighted by Gasteiger charge is 2.11. The van der Waals surface area contributed by atoms with Crippen LogP contribution in [0.3, 0.4) is 0 Å². The zero-order valence-corrected chi connectivity index (χ0v) is 9.97. The van der Waals surface area contributed by atoms with Crippen molar-refractivity contribution in [1.82, 2.24) is 5.43 Å². The smallest absolute Gasteiger partial charge is 0.0696 e. The first kappa shape index (κ1) is 11.7. The molecule has 4 heteroatoms. The lowest BCUT2D eigenvalue weighted by Gasteiger charge is -2.17. The van der Waals surface area contributed by atoms with Crippen LogP contribution in [0.2, 0.25) is 0 Å². The van der Waals surface area contributed by atoms with E-state index >= 15 is 0 Å². The van der Waals surface area contributed by atoms with Crippen molar-refractivity contribution in [2.75, 3.05) is 13.7 Å². The van der Waals surface area contributed by atoms with Crippen LogP contribution < -0.4 is 11.3 Å². The summed E-state index contributed by atoms with van der Waals surface area (Å²) in [6, 6.07) is 6.16. The zero-order chi connectivity index (χ0) is 10.6. The third kappa shape index (κ3) is 2.78. The maximum absolute atomic E-state index is 5.46. The third-order valence-electron chi connectivity index (χ3n) is 2.15. The van der Waals surface area contributed by atoms with Crippen LogP contribution in [-0.2, 0) is 4.74 Å². The van der Waals surface area contributed by atoms with Gasteiger partial charge in [-0.05, 0) is 30.2 Å². The topological polar surface area (TPSA) is 47.3 Å². The van der Waals surface area contributed by atoms with E-state index < -0.39 is 0 Å². The molecule has 78 valence electrons. The molecule has 1 rings (SSSR count). The molecule has 0 aliphatic rings. The van der Waals surface area contributed by atoms with Crippen LogP contribution in [0.25, 0.3) is 0 Å². The van der Waals surface area contributed by atoms with E-state index in [1.165, 1.54) is 5.56 Å². The minimum atomic E-state index is 0.0394. The molecule has 0 aliphatic carbocycles. The second kappa shape index (κ2) is 5.46. The molecule has 0 saturated carbocycles. The molecule has 0 saturated heterocycles. The summed E-state index contributed by atoms with van der Waals surface area (Å²) in [5.74, 6) is 5.46. The predicted octanol–water partition coefficient (Wildman–Crippen LogP) is 1.91. The number of hydrazine groups is 1. The van der Waals surface area contributed by atoms with Gasteiger partial charge in [-0.15, -0.1) is 0 Å². The molecule has 0 aromatic heterocycles.